The Bertz CT molecular complexity index is 1470. The Morgan fingerprint density at radius 2 is 1.13 bits per heavy atom. The zero-order valence-electron chi connectivity index (χ0n) is 22.7. The molecule has 5 aromatic rings. The lowest BCUT2D eigenvalue weighted by atomic mass is 9.98. The number of aryl methyl sites for hydroxylation is 2. The maximum absolute atomic E-state index is 4.48. The first kappa shape index (κ1) is 26.4. The predicted octanol–water partition coefficient (Wildman–Crippen LogP) is 10.0. The third kappa shape index (κ3) is 8.12. The molecule has 0 radical (unpaired) electrons. The number of allylic oxidation sites excluding steroid dienone is 1. The molecule has 0 spiro atoms. The van der Waals surface area contributed by atoms with Crippen molar-refractivity contribution in [3.8, 4) is 22.4 Å². The fourth-order valence-electron chi connectivity index (χ4n) is 5.11. The molecule has 0 aliphatic carbocycles. The van der Waals surface area contributed by atoms with E-state index in [4.69, 9.17) is 0 Å². The molecule has 1 nitrogen and oxygen atoms in total. The van der Waals surface area contributed by atoms with Crippen LogP contribution in [0.15, 0.2) is 134 Å². The molecule has 1 heterocycles. The van der Waals surface area contributed by atoms with Crippen LogP contribution in [-0.4, -0.2) is 4.98 Å². The van der Waals surface area contributed by atoms with Gasteiger partial charge in [0.15, 0.2) is 0 Å². The third-order valence-corrected chi connectivity index (χ3v) is 7.22. The van der Waals surface area contributed by atoms with Crippen molar-refractivity contribution in [2.45, 2.75) is 44.9 Å². The summed E-state index contributed by atoms with van der Waals surface area (Å²) < 4.78 is 0. The van der Waals surface area contributed by atoms with Crippen LogP contribution >= 0.6 is 0 Å². The van der Waals surface area contributed by atoms with Gasteiger partial charge in [0, 0.05) is 11.8 Å². The van der Waals surface area contributed by atoms with Crippen molar-refractivity contribution in [3.63, 3.8) is 0 Å². The summed E-state index contributed by atoms with van der Waals surface area (Å²) in [4.78, 5) is 4.48. The number of rotatable bonds is 12. The van der Waals surface area contributed by atoms with Crippen molar-refractivity contribution in [1.82, 2.24) is 4.98 Å². The number of hydrogen-bond donors (Lipinski definition) is 0. The van der Waals surface area contributed by atoms with Gasteiger partial charge in [-0.1, -0.05) is 122 Å². The first-order chi connectivity index (χ1) is 19.3. The van der Waals surface area contributed by atoms with Gasteiger partial charge in [-0.25, -0.2) is 0 Å². The van der Waals surface area contributed by atoms with Gasteiger partial charge in [-0.05, 0) is 89.8 Å². The molecule has 0 N–H and O–H groups in total. The van der Waals surface area contributed by atoms with E-state index in [2.05, 4.69) is 126 Å². The highest BCUT2D eigenvalue weighted by molar-refractivity contribution is 5.68. The zero-order valence-corrected chi connectivity index (χ0v) is 22.7. The number of pyridine rings is 1. The van der Waals surface area contributed by atoms with Gasteiger partial charge in [0.1, 0.15) is 0 Å². The highest BCUT2D eigenvalue weighted by atomic mass is 14.7. The summed E-state index contributed by atoms with van der Waals surface area (Å²) in [5.41, 5.74) is 10.2. The minimum absolute atomic E-state index is 0.895. The van der Waals surface area contributed by atoms with Crippen LogP contribution in [0.2, 0.25) is 0 Å². The largest absolute Gasteiger partial charge is 0.256 e. The zero-order chi connectivity index (χ0) is 26.5. The average molecular weight is 508 g/mol. The van der Waals surface area contributed by atoms with E-state index < -0.39 is 0 Å². The van der Waals surface area contributed by atoms with Gasteiger partial charge in [0.25, 0.3) is 0 Å². The molecule has 0 aliphatic heterocycles. The van der Waals surface area contributed by atoms with Gasteiger partial charge in [-0.3, -0.25) is 4.98 Å². The van der Waals surface area contributed by atoms with E-state index >= 15 is 0 Å². The van der Waals surface area contributed by atoms with Crippen LogP contribution in [0, 0.1) is 0 Å². The molecule has 0 atom stereocenters. The smallest absolute Gasteiger partial charge is 0.0702 e. The number of unbranched alkanes of at least 4 members (excludes halogenated alkanes) is 3. The standard InChI is InChI=1S/C38H37N/c1(4-14-31-15-6-3-7-16-31)2-5-17-32-20-11-23-35(28-32)36-24-12-21-33(29-36)18-10-19-34-22-13-25-37(30-34)38-26-8-9-27-39-38/h3,6-13,15-16,18,20-30H,1-2,4-5,14,17,19H2/b18-10+. The molecule has 0 amide bonds. The van der Waals surface area contributed by atoms with Crippen molar-refractivity contribution in [2.24, 2.45) is 0 Å². The van der Waals surface area contributed by atoms with E-state index in [0.29, 0.717) is 0 Å². The molecule has 0 bridgehead atoms. The summed E-state index contributed by atoms with van der Waals surface area (Å²) in [6.07, 6.45) is 14.7. The van der Waals surface area contributed by atoms with Crippen LogP contribution in [0.4, 0.5) is 0 Å². The molecule has 0 saturated heterocycles. The van der Waals surface area contributed by atoms with Crippen LogP contribution in [0.3, 0.4) is 0 Å². The number of aromatic nitrogens is 1. The predicted molar refractivity (Wildman–Crippen MR) is 167 cm³/mol. The molecule has 0 saturated carbocycles. The SMILES string of the molecule is C(=C\c1cccc(-c2cccc(CCCCCCc3ccccc3)c2)c1)/Cc1cccc(-c2ccccn2)c1. The Morgan fingerprint density at radius 1 is 0.487 bits per heavy atom. The minimum atomic E-state index is 0.895. The second kappa shape index (κ2) is 14.1. The van der Waals surface area contributed by atoms with Crippen LogP contribution < -0.4 is 0 Å². The quantitative estimate of drug-likeness (QED) is 0.153. The summed E-state index contributed by atoms with van der Waals surface area (Å²) in [6.45, 7) is 0. The fourth-order valence-corrected chi connectivity index (χ4v) is 5.11. The maximum Gasteiger partial charge on any atom is 0.0702 e. The van der Waals surface area contributed by atoms with Crippen molar-refractivity contribution in [1.29, 1.82) is 0 Å². The Labute approximate surface area is 233 Å². The van der Waals surface area contributed by atoms with Crippen molar-refractivity contribution >= 4 is 6.08 Å². The first-order valence-electron chi connectivity index (χ1n) is 14.2. The van der Waals surface area contributed by atoms with E-state index in [1.807, 2.05) is 18.3 Å². The minimum Gasteiger partial charge on any atom is -0.256 e. The second-order valence-corrected chi connectivity index (χ2v) is 10.2. The van der Waals surface area contributed by atoms with E-state index in [-0.39, 0.29) is 0 Å². The van der Waals surface area contributed by atoms with Crippen molar-refractivity contribution in [3.05, 3.63) is 156 Å². The number of benzene rings is 4. The molecule has 194 valence electrons. The highest BCUT2D eigenvalue weighted by Crippen LogP contribution is 2.24. The molecule has 1 aromatic heterocycles. The number of nitrogens with zero attached hydrogens (tertiary/aromatic N) is 1. The molecule has 5 rings (SSSR count). The van der Waals surface area contributed by atoms with Gasteiger partial charge < -0.3 is 0 Å². The Hall–Kier alpha value is -4.23. The monoisotopic (exact) mass is 507 g/mol. The molecule has 0 fully saturated rings. The molecular formula is C38H37N. The summed E-state index contributed by atoms with van der Waals surface area (Å²) in [5, 5.41) is 0. The van der Waals surface area contributed by atoms with Gasteiger partial charge in [0.05, 0.1) is 5.69 Å². The van der Waals surface area contributed by atoms with Gasteiger partial charge in [-0.2, -0.15) is 0 Å². The maximum atomic E-state index is 4.48. The lowest BCUT2D eigenvalue weighted by Gasteiger charge is -2.07. The molecule has 1 heteroatoms. The number of hydrogen-bond acceptors (Lipinski definition) is 1. The van der Waals surface area contributed by atoms with Gasteiger partial charge in [0.2, 0.25) is 0 Å². The molecule has 39 heavy (non-hydrogen) atoms. The second-order valence-electron chi connectivity index (χ2n) is 10.2. The summed E-state index contributed by atoms with van der Waals surface area (Å²) >= 11 is 0. The first-order valence-corrected chi connectivity index (χ1v) is 14.2. The van der Waals surface area contributed by atoms with Crippen LogP contribution in [0.5, 0.6) is 0 Å². The van der Waals surface area contributed by atoms with Crippen molar-refractivity contribution < 1.29 is 0 Å². The third-order valence-electron chi connectivity index (χ3n) is 7.22. The van der Waals surface area contributed by atoms with Crippen LogP contribution in [-0.2, 0) is 19.3 Å². The lowest BCUT2D eigenvalue weighted by Crippen LogP contribution is -1.89. The average Bonchev–Trinajstić information content (AvgIpc) is 3.00. The lowest BCUT2D eigenvalue weighted by molar-refractivity contribution is 0.640. The van der Waals surface area contributed by atoms with Crippen molar-refractivity contribution in [2.75, 3.05) is 0 Å². The topological polar surface area (TPSA) is 12.9 Å². The molecule has 0 unspecified atom stereocenters. The summed E-state index contributed by atoms with van der Waals surface area (Å²) in [5.74, 6) is 0. The Kier molecular flexibility index (Phi) is 9.52. The van der Waals surface area contributed by atoms with Gasteiger partial charge in [-0.15, -0.1) is 0 Å². The molecular weight excluding hydrogens is 470 g/mol. The fraction of sp³-hybridized carbons (Fsp3) is 0.184. The normalized spacial score (nSPS) is 11.2. The Morgan fingerprint density at radius 3 is 1.92 bits per heavy atom. The van der Waals surface area contributed by atoms with Crippen LogP contribution in [0.25, 0.3) is 28.5 Å². The van der Waals surface area contributed by atoms with Crippen LogP contribution in [0.1, 0.15) is 47.9 Å². The summed E-state index contributed by atoms with van der Waals surface area (Å²) in [6, 6.07) is 43.5. The van der Waals surface area contributed by atoms with E-state index in [0.717, 1.165) is 24.1 Å². The van der Waals surface area contributed by atoms with Gasteiger partial charge >= 0.3 is 0 Å². The highest BCUT2D eigenvalue weighted by Gasteiger charge is 2.02. The Balaban J connectivity index is 1.13. The summed E-state index contributed by atoms with van der Waals surface area (Å²) in [7, 11) is 0. The van der Waals surface area contributed by atoms with E-state index in [1.165, 1.54) is 65.5 Å². The molecule has 0 aliphatic rings. The molecule has 4 aromatic carbocycles. The van der Waals surface area contributed by atoms with E-state index in [1.54, 1.807) is 0 Å². The van der Waals surface area contributed by atoms with E-state index in [9.17, 15) is 0 Å².